The number of aromatic nitrogens is 2. The molecule has 1 aliphatic rings. The molecule has 1 aliphatic carbocycles. The van der Waals surface area contributed by atoms with Crippen molar-refractivity contribution >= 4 is 12.2 Å². The van der Waals surface area contributed by atoms with E-state index in [9.17, 15) is 5.21 Å². The number of rotatable bonds is 2. The number of allylic oxidation sites excluding steroid dienone is 2. The lowest BCUT2D eigenvalue weighted by Gasteiger charge is -2.23. The van der Waals surface area contributed by atoms with E-state index in [-0.39, 0.29) is 0 Å². The average molecular weight is 238 g/mol. The highest BCUT2D eigenvalue weighted by Gasteiger charge is 2.17. The zero-order valence-electron chi connectivity index (χ0n) is 9.79. The predicted molar refractivity (Wildman–Crippen MR) is 66.2 cm³/mol. The van der Waals surface area contributed by atoms with Crippen LogP contribution in [0.5, 0.6) is 0 Å². The van der Waals surface area contributed by atoms with Crippen molar-refractivity contribution in [3.8, 4) is 0 Å². The van der Waals surface area contributed by atoms with Gasteiger partial charge in [-0.25, -0.2) is 0 Å². The van der Waals surface area contributed by atoms with Gasteiger partial charge >= 0.3 is 0 Å². The molecular formula is C12H18N2OS. The van der Waals surface area contributed by atoms with Gasteiger partial charge in [0.15, 0.2) is 0 Å². The molecule has 0 amide bonds. The van der Waals surface area contributed by atoms with Gasteiger partial charge in [0.2, 0.25) is 4.77 Å². The van der Waals surface area contributed by atoms with Gasteiger partial charge in [-0.05, 0) is 57.7 Å². The molecule has 0 aromatic carbocycles. The van der Waals surface area contributed by atoms with Gasteiger partial charge < -0.3 is 10.2 Å². The van der Waals surface area contributed by atoms with Gasteiger partial charge in [0.1, 0.15) is 0 Å². The fourth-order valence-corrected chi connectivity index (χ4v) is 2.55. The fraction of sp³-hybridized carbons (Fsp3) is 0.583. The topological polar surface area (TPSA) is 41.0 Å². The Morgan fingerprint density at radius 2 is 2.25 bits per heavy atom. The lowest BCUT2D eigenvalue weighted by atomic mass is 9.83. The van der Waals surface area contributed by atoms with Crippen LogP contribution in [0.2, 0.25) is 0 Å². The number of nitrogens with one attached hydrogen (secondary N) is 1. The molecule has 3 nitrogen and oxygen atoms in total. The molecule has 0 aliphatic heterocycles. The van der Waals surface area contributed by atoms with Gasteiger partial charge in [0.05, 0.1) is 6.20 Å². The molecule has 1 aromatic rings. The van der Waals surface area contributed by atoms with Crippen LogP contribution in [-0.2, 0) is 6.42 Å². The molecule has 2 rings (SSSR count). The summed E-state index contributed by atoms with van der Waals surface area (Å²) < 4.78 is 1.37. The van der Waals surface area contributed by atoms with Crippen molar-refractivity contribution in [3.05, 3.63) is 27.8 Å². The highest BCUT2D eigenvalue weighted by atomic mass is 32.1. The summed E-state index contributed by atoms with van der Waals surface area (Å²) in [5, 5.41) is 9.34. The second-order valence-electron chi connectivity index (χ2n) is 4.80. The van der Waals surface area contributed by atoms with E-state index in [4.69, 9.17) is 12.2 Å². The van der Waals surface area contributed by atoms with Crippen LogP contribution in [0.3, 0.4) is 0 Å². The summed E-state index contributed by atoms with van der Waals surface area (Å²) in [5.41, 5.74) is 4.10. The third-order valence-corrected chi connectivity index (χ3v) is 3.80. The summed E-state index contributed by atoms with van der Waals surface area (Å²) in [6.45, 7) is 4.45. The lowest BCUT2D eigenvalue weighted by Crippen LogP contribution is -2.11. The Balaban J connectivity index is 2.04. The first-order valence-corrected chi connectivity index (χ1v) is 6.12. The number of aromatic amines is 1. The van der Waals surface area contributed by atoms with E-state index in [1.54, 1.807) is 11.8 Å². The summed E-state index contributed by atoms with van der Waals surface area (Å²) in [6, 6.07) is 0. The minimum atomic E-state index is 0.384. The van der Waals surface area contributed by atoms with Crippen molar-refractivity contribution in [2.75, 3.05) is 0 Å². The van der Waals surface area contributed by atoms with Crippen LogP contribution in [0.4, 0.5) is 0 Å². The molecule has 88 valence electrons. The second kappa shape index (κ2) is 4.45. The maximum absolute atomic E-state index is 9.34. The molecule has 0 spiro atoms. The molecule has 0 saturated heterocycles. The monoisotopic (exact) mass is 238 g/mol. The minimum absolute atomic E-state index is 0.384. The standard InChI is InChI=1S/C12H18N2OS/c1-8-3-4-10(5-9(8)2)6-11-7-14(15)12(16)13-11/h7,10,15H,3-6H2,1-2H3,(H,13,16). The summed E-state index contributed by atoms with van der Waals surface area (Å²) in [7, 11) is 0. The summed E-state index contributed by atoms with van der Waals surface area (Å²) in [6.07, 6.45) is 6.27. The van der Waals surface area contributed by atoms with Crippen LogP contribution in [0, 0.1) is 10.7 Å². The third-order valence-electron chi connectivity index (χ3n) is 3.51. The van der Waals surface area contributed by atoms with Gasteiger partial charge in [0, 0.05) is 5.69 Å². The Bertz CT molecular complexity index is 470. The third kappa shape index (κ3) is 2.38. The Hall–Kier alpha value is -1.03. The number of nitrogens with zero attached hydrogens (tertiary/aromatic N) is 1. The smallest absolute Gasteiger partial charge is 0.211 e. The van der Waals surface area contributed by atoms with E-state index < -0.39 is 0 Å². The normalized spacial score (nSPS) is 21.5. The van der Waals surface area contributed by atoms with Crippen molar-refractivity contribution < 1.29 is 5.21 Å². The maximum Gasteiger partial charge on any atom is 0.211 e. The molecule has 1 aromatic heterocycles. The van der Waals surface area contributed by atoms with Crippen LogP contribution >= 0.6 is 12.2 Å². The number of hydrogen-bond acceptors (Lipinski definition) is 2. The summed E-state index contributed by atoms with van der Waals surface area (Å²) in [4.78, 5) is 3.03. The van der Waals surface area contributed by atoms with Gasteiger partial charge in [-0.15, -0.1) is 0 Å². The molecular weight excluding hydrogens is 220 g/mol. The highest BCUT2D eigenvalue weighted by molar-refractivity contribution is 7.71. The molecule has 0 fully saturated rings. The van der Waals surface area contributed by atoms with Gasteiger partial charge in [-0.1, -0.05) is 11.1 Å². The number of hydrogen-bond donors (Lipinski definition) is 2. The molecule has 0 bridgehead atoms. The predicted octanol–water partition coefficient (Wildman–Crippen LogP) is 3.46. The number of imidazole rings is 1. The van der Waals surface area contributed by atoms with Crippen LogP contribution in [0.15, 0.2) is 17.3 Å². The second-order valence-corrected chi connectivity index (χ2v) is 5.19. The van der Waals surface area contributed by atoms with Crippen molar-refractivity contribution in [2.24, 2.45) is 5.92 Å². The van der Waals surface area contributed by atoms with Crippen molar-refractivity contribution in [3.63, 3.8) is 0 Å². The van der Waals surface area contributed by atoms with Crippen molar-refractivity contribution in [1.82, 2.24) is 9.71 Å². The fourth-order valence-electron chi connectivity index (χ4n) is 2.37. The quantitative estimate of drug-likeness (QED) is 0.470. The summed E-state index contributed by atoms with van der Waals surface area (Å²) in [5.74, 6) is 0.678. The Morgan fingerprint density at radius 3 is 2.81 bits per heavy atom. The minimum Gasteiger partial charge on any atom is -0.426 e. The number of H-pyrrole nitrogens is 1. The van der Waals surface area contributed by atoms with Crippen LogP contribution in [0.25, 0.3) is 0 Å². The van der Waals surface area contributed by atoms with Crippen LogP contribution < -0.4 is 0 Å². The van der Waals surface area contributed by atoms with Crippen molar-refractivity contribution in [2.45, 2.75) is 39.5 Å². The zero-order valence-corrected chi connectivity index (χ0v) is 10.6. The largest absolute Gasteiger partial charge is 0.426 e. The maximum atomic E-state index is 9.34. The molecule has 1 atom stereocenters. The molecule has 4 heteroatoms. The first kappa shape index (κ1) is 11.5. The van der Waals surface area contributed by atoms with E-state index in [2.05, 4.69) is 18.8 Å². The molecule has 1 unspecified atom stereocenters. The van der Waals surface area contributed by atoms with Crippen LogP contribution in [0.1, 0.15) is 38.8 Å². The lowest BCUT2D eigenvalue weighted by molar-refractivity contribution is 0.181. The van der Waals surface area contributed by atoms with Crippen molar-refractivity contribution in [1.29, 1.82) is 0 Å². The van der Waals surface area contributed by atoms with E-state index in [0.29, 0.717) is 10.7 Å². The Morgan fingerprint density at radius 1 is 1.50 bits per heavy atom. The van der Waals surface area contributed by atoms with E-state index in [0.717, 1.165) is 16.8 Å². The van der Waals surface area contributed by atoms with Gasteiger partial charge in [-0.3, -0.25) is 0 Å². The van der Waals surface area contributed by atoms with E-state index >= 15 is 0 Å². The SMILES string of the molecule is CC1=C(C)CC(Cc2cn(O)c(=S)[nH]2)CC1. The van der Waals surface area contributed by atoms with Crippen LogP contribution in [-0.4, -0.2) is 14.9 Å². The molecule has 0 radical (unpaired) electrons. The summed E-state index contributed by atoms with van der Waals surface area (Å²) >= 11 is 4.93. The zero-order chi connectivity index (χ0) is 11.7. The molecule has 16 heavy (non-hydrogen) atoms. The van der Waals surface area contributed by atoms with Gasteiger partial charge in [-0.2, -0.15) is 4.73 Å². The van der Waals surface area contributed by atoms with E-state index in [1.807, 2.05) is 0 Å². The highest BCUT2D eigenvalue weighted by Crippen LogP contribution is 2.30. The van der Waals surface area contributed by atoms with Gasteiger partial charge in [0.25, 0.3) is 0 Å². The Kier molecular flexibility index (Phi) is 3.19. The first-order chi connectivity index (χ1) is 7.56. The molecule has 0 saturated carbocycles. The Labute approximate surface area is 101 Å². The molecule has 2 N–H and O–H groups in total. The molecule has 1 heterocycles. The first-order valence-electron chi connectivity index (χ1n) is 5.71. The average Bonchev–Trinajstić information content (AvgIpc) is 2.52. The van der Waals surface area contributed by atoms with E-state index in [1.165, 1.54) is 24.8 Å².